The van der Waals surface area contributed by atoms with Gasteiger partial charge in [0.05, 0.1) is 23.2 Å². The number of rotatable bonds is 5. The smallest absolute Gasteiger partial charge is 0.312 e. The Kier molecular flexibility index (Phi) is 4.24. The molecular formula is C14H11N3O3. The SMILES string of the molecule is N#Cc1ccc(OCCc2ccncc2)c([N+](=O)[O-])c1. The molecule has 0 aliphatic carbocycles. The maximum absolute atomic E-state index is 10.9. The molecule has 6 nitrogen and oxygen atoms in total. The van der Waals surface area contributed by atoms with Gasteiger partial charge in [0.1, 0.15) is 0 Å². The first-order chi connectivity index (χ1) is 9.70. The standard InChI is InChI=1S/C14H11N3O3/c15-10-12-1-2-14(13(9-12)17(18)19)20-8-5-11-3-6-16-7-4-11/h1-4,6-7,9H,5,8H2. The summed E-state index contributed by atoms with van der Waals surface area (Å²) in [7, 11) is 0. The van der Waals surface area contributed by atoms with Gasteiger partial charge in [0.2, 0.25) is 0 Å². The van der Waals surface area contributed by atoms with Crippen LogP contribution < -0.4 is 4.74 Å². The molecule has 20 heavy (non-hydrogen) atoms. The first-order valence-electron chi connectivity index (χ1n) is 5.91. The van der Waals surface area contributed by atoms with Crippen molar-refractivity contribution in [2.45, 2.75) is 6.42 Å². The van der Waals surface area contributed by atoms with E-state index in [0.29, 0.717) is 13.0 Å². The highest BCUT2D eigenvalue weighted by atomic mass is 16.6. The predicted molar refractivity (Wildman–Crippen MR) is 71.2 cm³/mol. The Labute approximate surface area is 115 Å². The van der Waals surface area contributed by atoms with Gasteiger partial charge in [-0.15, -0.1) is 0 Å². The van der Waals surface area contributed by atoms with E-state index < -0.39 is 4.92 Å². The predicted octanol–water partition coefficient (Wildman–Crippen LogP) is 2.48. The largest absolute Gasteiger partial charge is 0.486 e. The van der Waals surface area contributed by atoms with Crippen LogP contribution in [-0.4, -0.2) is 16.5 Å². The summed E-state index contributed by atoms with van der Waals surface area (Å²) in [6, 6.07) is 9.73. The fraction of sp³-hybridized carbons (Fsp3) is 0.143. The average Bonchev–Trinajstić information content (AvgIpc) is 2.48. The van der Waals surface area contributed by atoms with E-state index in [1.165, 1.54) is 18.2 Å². The van der Waals surface area contributed by atoms with Crippen molar-refractivity contribution in [3.05, 3.63) is 64.0 Å². The summed E-state index contributed by atoms with van der Waals surface area (Å²) in [5, 5.41) is 19.7. The molecule has 1 aromatic heterocycles. The van der Waals surface area contributed by atoms with E-state index in [2.05, 4.69) is 4.98 Å². The molecule has 0 bridgehead atoms. The van der Waals surface area contributed by atoms with Crippen LogP contribution in [0.3, 0.4) is 0 Å². The van der Waals surface area contributed by atoms with Crippen LogP contribution in [0.5, 0.6) is 5.75 Å². The molecule has 0 radical (unpaired) electrons. The van der Waals surface area contributed by atoms with Gasteiger partial charge in [-0.1, -0.05) is 0 Å². The van der Waals surface area contributed by atoms with Gasteiger partial charge >= 0.3 is 5.69 Å². The van der Waals surface area contributed by atoms with Crippen LogP contribution in [0.4, 0.5) is 5.69 Å². The Morgan fingerprint density at radius 1 is 1.30 bits per heavy atom. The summed E-state index contributed by atoms with van der Waals surface area (Å²) < 4.78 is 5.43. The van der Waals surface area contributed by atoms with Gasteiger partial charge in [-0.05, 0) is 29.8 Å². The molecule has 0 saturated heterocycles. The van der Waals surface area contributed by atoms with Crippen molar-refractivity contribution < 1.29 is 9.66 Å². The van der Waals surface area contributed by atoms with Crippen molar-refractivity contribution in [2.75, 3.05) is 6.61 Å². The average molecular weight is 269 g/mol. The number of nitrogens with zero attached hydrogens (tertiary/aromatic N) is 3. The highest BCUT2D eigenvalue weighted by molar-refractivity contribution is 5.51. The summed E-state index contributed by atoms with van der Waals surface area (Å²) in [5.41, 5.74) is 1.08. The first kappa shape index (κ1) is 13.5. The highest BCUT2D eigenvalue weighted by Gasteiger charge is 2.15. The number of nitro benzene ring substituents is 1. The fourth-order valence-electron chi connectivity index (χ4n) is 1.68. The lowest BCUT2D eigenvalue weighted by molar-refractivity contribution is -0.385. The van der Waals surface area contributed by atoms with Crippen molar-refractivity contribution in [3.63, 3.8) is 0 Å². The van der Waals surface area contributed by atoms with Gasteiger partial charge in [-0.3, -0.25) is 15.1 Å². The third-order valence-corrected chi connectivity index (χ3v) is 2.68. The Morgan fingerprint density at radius 2 is 2.05 bits per heavy atom. The number of pyridine rings is 1. The molecule has 0 saturated carbocycles. The maximum Gasteiger partial charge on any atom is 0.312 e. The molecule has 0 spiro atoms. The number of aromatic nitrogens is 1. The molecule has 0 amide bonds. The maximum atomic E-state index is 10.9. The van der Waals surface area contributed by atoms with Gasteiger partial charge in [0.15, 0.2) is 5.75 Å². The number of ether oxygens (including phenoxy) is 1. The zero-order chi connectivity index (χ0) is 14.4. The van der Waals surface area contributed by atoms with E-state index in [0.717, 1.165) is 5.56 Å². The normalized spacial score (nSPS) is 9.75. The van der Waals surface area contributed by atoms with Crippen LogP contribution in [0.2, 0.25) is 0 Å². The summed E-state index contributed by atoms with van der Waals surface area (Å²) in [6.07, 6.45) is 3.98. The van der Waals surface area contributed by atoms with Crippen LogP contribution in [0.1, 0.15) is 11.1 Å². The van der Waals surface area contributed by atoms with Crippen molar-refractivity contribution in [3.8, 4) is 11.8 Å². The van der Waals surface area contributed by atoms with E-state index in [1.54, 1.807) is 12.4 Å². The van der Waals surface area contributed by atoms with E-state index in [9.17, 15) is 10.1 Å². The molecule has 100 valence electrons. The van der Waals surface area contributed by atoms with E-state index >= 15 is 0 Å². The number of benzene rings is 1. The van der Waals surface area contributed by atoms with Gasteiger partial charge in [-0.2, -0.15) is 5.26 Å². The molecule has 0 N–H and O–H groups in total. The highest BCUT2D eigenvalue weighted by Crippen LogP contribution is 2.27. The first-order valence-corrected chi connectivity index (χ1v) is 5.91. The summed E-state index contributed by atoms with van der Waals surface area (Å²) in [4.78, 5) is 14.3. The van der Waals surface area contributed by atoms with Crippen LogP contribution in [0, 0.1) is 21.4 Å². The van der Waals surface area contributed by atoms with Crippen molar-refractivity contribution >= 4 is 5.69 Å². The van der Waals surface area contributed by atoms with Crippen LogP contribution in [-0.2, 0) is 6.42 Å². The molecule has 6 heteroatoms. The molecule has 2 rings (SSSR count). The van der Waals surface area contributed by atoms with Gasteiger partial charge < -0.3 is 4.74 Å². The lowest BCUT2D eigenvalue weighted by Gasteiger charge is -2.06. The fourth-order valence-corrected chi connectivity index (χ4v) is 1.68. The minimum Gasteiger partial charge on any atom is -0.486 e. The van der Waals surface area contributed by atoms with Gasteiger partial charge in [-0.25, -0.2) is 0 Å². The monoisotopic (exact) mass is 269 g/mol. The molecule has 0 unspecified atom stereocenters. The number of nitro groups is 1. The lowest BCUT2D eigenvalue weighted by Crippen LogP contribution is -2.03. The van der Waals surface area contributed by atoms with E-state index in [4.69, 9.17) is 10.00 Å². The second kappa shape index (κ2) is 6.29. The molecule has 0 fully saturated rings. The van der Waals surface area contributed by atoms with Crippen LogP contribution in [0.25, 0.3) is 0 Å². The number of hydrogen-bond acceptors (Lipinski definition) is 5. The molecule has 1 heterocycles. The number of hydrogen-bond donors (Lipinski definition) is 0. The second-order valence-electron chi connectivity index (χ2n) is 4.01. The molecule has 2 aromatic rings. The zero-order valence-electron chi connectivity index (χ0n) is 10.5. The van der Waals surface area contributed by atoms with Crippen molar-refractivity contribution in [1.82, 2.24) is 4.98 Å². The minimum atomic E-state index is -0.553. The van der Waals surface area contributed by atoms with Gasteiger partial charge in [0.25, 0.3) is 0 Å². The minimum absolute atomic E-state index is 0.169. The summed E-state index contributed by atoms with van der Waals surface area (Å²) in [5.74, 6) is 0.169. The Morgan fingerprint density at radius 3 is 2.70 bits per heavy atom. The summed E-state index contributed by atoms with van der Waals surface area (Å²) in [6.45, 7) is 0.316. The Bertz CT molecular complexity index is 650. The number of nitriles is 1. The second-order valence-corrected chi connectivity index (χ2v) is 4.01. The molecular weight excluding hydrogens is 258 g/mol. The van der Waals surface area contributed by atoms with Gasteiger partial charge in [0, 0.05) is 24.9 Å². The topological polar surface area (TPSA) is 89.0 Å². The quantitative estimate of drug-likeness (QED) is 0.614. The van der Waals surface area contributed by atoms with Crippen molar-refractivity contribution in [2.24, 2.45) is 0 Å². The molecule has 0 aliphatic heterocycles. The Balaban J connectivity index is 2.06. The van der Waals surface area contributed by atoms with E-state index in [-0.39, 0.29) is 17.0 Å². The Hall–Kier alpha value is -2.94. The zero-order valence-corrected chi connectivity index (χ0v) is 10.5. The van der Waals surface area contributed by atoms with Crippen molar-refractivity contribution in [1.29, 1.82) is 5.26 Å². The molecule has 0 aliphatic rings. The van der Waals surface area contributed by atoms with Crippen LogP contribution >= 0.6 is 0 Å². The molecule has 1 aromatic carbocycles. The van der Waals surface area contributed by atoms with E-state index in [1.807, 2.05) is 18.2 Å². The van der Waals surface area contributed by atoms with Crippen LogP contribution in [0.15, 0.2) is 42.7 Å². The third kappa shape index (κ3) is 3.29. The third-order valence-electron chi connectivity index (χ3n) is 2.68. The lowest BCUT2D eigenvalue weighted by atomic mass is 10.2. The summed E-state index contributed by atoms with van der Waals surface area (Å²) >= 11 is 0. The molecule has 0 atom stereocenters.